The van der Waals surface area contributed by atoms with Crippen molar-refractivity contribution in [3.8, 4) is 17.2 Å². The van der Waals surface area contributed by atoms with E-state index in [2.05, 4.69) is 4.98 Å². The first kappa shape index (κ1) is 13.1. The van der Waals surface area contributed by atoms with Gasteiger partial charge in [-0.25, -0.2) is 14.2 Å². The summed E-state index contributed by atoms with van der Waals surface area (Å²) < 4.78 is 23.8. The molecule has 3 aromatic rings. The number of methoxy groups -OCH3 is 1. The molecule has 1 aromatic heterocycles. The number of aromatic carboxylic acids is 1. The molecule has 5 nitrogen and oxygen atoms in total. The highest BCUT2D eigenvalue weighted by Crippen LogP contribution is 2.29. The van der Waals surface area contributed by atoms with Gasteiger partial charge in [0.1, 0.15) is 5.52 Å². The average molecular weight is 287 g/mol. The topological polar surface area (TPSA) is 72.6 Å². The van der Waals surface area contributed by atoms with Crippen LogP contribution in [0.4, 0.5) is 4.39 Å². The maximum Gasteiger partial charge on any atom is 0.338 e. The van der Waals surface area contributed by atoms with E-state index >= 15 is 0 Å². The second-order valence-electron chi connectivity index (χ2n) is 4.33. The molecular weight excluding hydrogens is 277 g/mol. The lowest BCUT2D eigenvalue weighted by Crippen LogP contribution is -1.96. The molecule has 6 heteroatoms. The Hall–Kier alpha value is -2.89. The Balaban J connectivity index is 2.17. The molecule has 0 aliphatic rings. The third kappa shape index (κ3) is 2.20. The van der Waals surface area contributed by atoms with E-state index < -0.39 is 11.8 Å². The molecule has 0 fully saturated rings. The number of aromatic nitrogens is 1. The fourth-order valence-electron chi connectivity index (χ4n) is 2.04. The number of oxazole rings is 1. The predicted molar refractivity (Wildman–Crippen MR) is 72.9 cm³/mol. The Bertz CT molecular complexity index is 841. The summed E-state index contributed by atoms with van der Waals surface area (Å²) in [5.41, 5.74) is 1.16. The Morgan fingerprint density at radius 1 is 1.33 bits per heavy atom. The van der Waals surface area contributed by atoms with Crippen LogP contribution in [0.2, 0.25) is 0 Å². The molecule has 106 valence electrons. The van der Waals surface area contributed by atoms with Gasteiger partial charge in [0.25, 0.3) is 0 Å². The second-order valence-corrected chi connectivity index (χ2v) is 4.33. The van der Waals surface area contributed by atoms with E-state index in [-0.39, 0.29) is 22.7 Å². The number of nitrogens with zero attached hydrogens (tertiary/aromatic N) is 1. The van der Waals surface area contributed by atoms with Crippen LogP contribution in [0.5, 0.6) is 5.75 Å². The van der Waals surface area contributed by atoms with Crippen molar-refractivity contribution < 1.29 is 23.4 Å². The van der Waals surface area contributed by atoms with Crippen LogP contribution in [-0.2, 0) is 0 Å². The van der Waals surface area contributed by atoms with Crippen molar-refractivity contribution in [1.29, 1.82) is 0 Å². The summed E-state index contributed by atoms with van der Waals surface area (Å²) in [7, 11) is 1.36. The van der Waals surface area contributed by atoms with Gasteiger partial charge in [-0.1, -0.05) is 6.07 Å². The second kappa shape index (κ2) is 4.90. The number of hydrogen-bond acceptors (Lipinski definition) is 4. The van der Waals surface area contributed by atoms with Crippen LogP contribution in [0.25, 0.3) is 22.6 Å². The Morgan fingerprint density at radius 3 is 2.86 bits per heavy atom. The van der Waals surface area contributed by atoms with E-state index in [9.17, 15) is 9.18 Å². The van der Waals surface area contributed by atoms with Crippen LogP contribution in [0, 0.1) is 5.82 Å². The fourth-order valence-corrected chi connectivity index (χ4v) is 2.04. The third-order valence-electron chi connectivity index (χ3n) is 3.05. The summed E-state index contributed by atoms with van der Waals surface area (Å²) in [6.45, 7) is 0. The van der Waals surface area contributed by atoms with Gasteiger partial charge in [-0.2, -0.15) is 0 Å². The van der Waals surface area contributed by atoms with E-state index in [1.165, 1.54) is 31.4 Å². The lowest BCUT2D eigenvalue weighted by Gasteiger charge is -2.02. The summed E-state index contributed by atoms with van der Waals surface area (Å²) >= 11 is 0. The maximum absolute atomic E-state index is 13.4. The lowest BCUT2D eigenvalue weighted by atomic mass is 10.2. The molecule has 0 bridgehead atoms. The van der Waals surface area contributed by atoms with Crippen molar-refractivity contribution in [2.24, 2.45) is 0 Å². The number of ether oxygens (including phenoxy) is 1. The number of carboxylic acids is 1. The molecule has 1 heterocycles. The van der Waals surface area contributed by atoms with Crippen LogP contribution < -0.4 is 4.74 Å². The van der Waals surface area contributed by atoms with Gasteiger partial charge in [0.05, 0.1) is 12.7 Å². The quantitative estimate of drug-likeness (QED) is 0.799. The van der Waals surface area contributed by atoms with Gasteiger partial charge in [0.2, 0.25) is 5.89 Å². The molecule has 21 heavy (non-hydrogen) atoms. The van der Waals surface area contributed by atoms with Gasteiger partial charge in [-0.3, -0.25) is 0 Å². The van der Waals surface area contributed by atoms with Crippen molar-refractivity contribution in [3.63, 3.8) is 0 Å². The summed E-state index contributed by atoms with van der Waals surface area (Å²) in [5, 5.41) is 9.13. The summed E-state index contributed by atoms with van der Waals surface area (Å²) in [4.78, 5) is 15.3. The largest absolute Gasteiger partial charge is 0.494 e. The van der Waals surface area contributed by atoms with Gasteiger partial charge < -0.3 is 14.3 Å². The normalized spacial score (nSPS) is 10.8. The molecule has 0 aliphatic heterocycles. The SMILES string of the molecule is COc1cc(-c2nc3c(C(=O)O)cccc3o2)ccc1F. The van der Waals surface area contributed by atoms with Gasteiger partial charge in [-0.15, -0.1) is 0 Å². The first-order chi connectivity index (χ1) is 10.1. The average Bonchev–Trinajstić information content (AvgIpc) is 2.91. The zero-order valence-electron chi connectivity index (χ0n) is 11.0. The number of carboxylic acid groups (broad SMARTS) is 1. The van der Waals surface area contributed by atoms with Crippen molar-refractivity contribution in [2.45, 2.75) is 0 Å². The van der Waals surface area contributed by atoms with Crippen LogP contribution in [0.15, 0.2) is 40.8 Å². The highest BCUT2D eigenvalue weighted by Gasteiger charge is 2.16. The molecule has 0 saturated heterocycles. The Morgan fingerprint density at radius 2 is 2.14 bits per heavy atom. The summed E-state index contributed by atoms with van der Waals surface area (Å²) in [6.07, 6.45) is 0. The molecule has 3 rings (SSSR count). The van der Waals surface area contributed by atoms with E-state index in [0.29, 0.717) is 11.1 Å². The van der Waals surface area contributed by atoms with Crippen molar-refractivity contribution in [1.82, 2.24) is 4.98 Å². The van der Waals surface area contributed by atoms with Gasteiger partial charge in [0.15, 0.2) is 17.1 Å². The molecule has 0 unspecified atom stereocenters. The third-order valence-corrected chi connectivity index (χ3v) is 3.05. The molecule has 0 amide bonds. The van der Waals surface area contributed by atoms with Gasteiger partial charge >= 0.3 is 5.97 Å². The highest BCUT2D eigenvalue weighted by molar-refractivity contribution is 6.00. The minimum atomic E-state index is -1.09. The molecule has 0 spiro atoms. The summed E-state index contributed by atoms with van der Waals surface area (Å²) in [6, 6.07) is 8.82. The van der Waals surface area contributed by atoms with E-state index in [0.717, 1.165) is 0 Å². The number of halogens is 1. The minimum Gasteiger partial charge on any atom is -0.494 e. The number of carbonyl (C=O) groups is 1. The van der Waals surface area contributed by atoms with E-state index in [4.69, 9.17) is 14.3 Å². The van der Waals surface area contributed by atoms with Gasteiger partial charge in [-0.05, 0) is 30.3 Å². The summed E-state index contributed by atoms with van der Waals surface area (Å²) in [5.74, 6) is -1.31. The zero-order chi connectivity index (χ0) is 15.0. The standard InChI is InChI=1S/C15H10FNO4/c1-20-12-7-8(5-6-10(12)16)14-17-13-9(15(18)19)3-2-4-11(13)21-14/h2-7H,1H3,(H,18,19). The van der Waals surface area contributed by atoms with E-state index in [1.54, 1.807) is 12.1 Å². The number of rotatable bonds is 3. The first-order valence-corrected chi connectivity index (χ1v) is 6.07. The molecule has 0 atom stereocenters. The smallest absolute Gasteiger partial charge is 0.338 e. The zero-order valence-corrected chi connectivity index (χ0v) is 11.0. The van der Waals surface area contributed by atoms with Crippen molar-refractivity contribution in [3.05, 3.63) is 47.8 Å². The Kier molecular flexibility index (Phi) is 3.06. The van der Waals surface area contributed by atoms with Crippen LogP contribution in [0.3, 0.4) is 0 Å². The number of fused-ring (bicyclic) bond motifs is 1. The van der Waals surface area contributed by atoms with Crippen molar-refractivity contribution in [2.75, 3.05) is 7.11 Å². The lowest BCUT2D eigenvalue weighted by molar-refractivity contribution is 0.0699. The fraction of sp³-hybridized carbons (Fsp3) is 0.0667. The van der Waals surface area contributed by atoms with Crippen molar-refractivity contribution >= 4 is 17.1 Å². The van der Waals surface area contributed by atoms with Crippen LogP contribution in [0.1, 0.15) is 10.4 Å². The predicted octanol–water partition coefficient (Wildman–Crippen LogP) is 3.34. The molecule has 0 saturated carbocycles. The molecular formula is C15H10FNO4. The minimum absolute atomic E-state index is 0.0524. The number of benzene rings is 2. The first-order valence-electron chi connectivity index (χ1n) is 6.07. The molecule has 0 radical (unpaired) electrons. The monoisotopic (exact) mass is 287 g/mol. The maximum atomic E-state index is 13.4. The van der Waals surface area contributed by atoms with E-state index in [1.807, 2.05) is 0 Å². The highest BCUT2D eigenvalue weighted by atomic mass is 19.1. The number of hydrogen-bond donors (Lipinski definition) is 1. The van der Waals surface area contributed by atoms with Crippen LogP contribution >= 0.6 is 0 Å². The number of para-hydroxylation sites is 1. The Labute approximate surface area is 118 Å². The van der Waals surface area contributed by atoms with Crippen LogP contribution in [-0.4, -0.2) is 23.2 Å². The molecule has 2 aromatic carbocycles. The molecule has 1 N–H and O–H groups in total. The molecule has 0 aliphatic carbocycles. The van der Waals surface area contributed by atoms with Gasteiger partial charge in [0, 0.05) is 5.56 Å².